The summed E-state index contributed by atoms with van der Waals surface area (Å²) in [5, 5.41) is 0. The third-order valence-corrected chi connectivity index (χ3v) is 6.63. The number of aromatic amines is 1. The monoisotopic (exact) mass is 486 g/mol. The Morgan fingerprint density at radius 1 is 0.971 bits per heavy atom. The van der Waals surface area contributed by atoms with Crippen LogP contribution in [0.4, 0.5) is 10.1 Å². The van der Waals surface area contributed by atoms with Crippen molar-refractivity contribution in [3.05, 3.63) is 44.9 Å². The van der Waals surface area contributed by atoms with E-state index in [-0.39, 0.29) is 5.82 Å². The van der Waals surface area contributed by atoms with Crippen molar-refractivity contribution in [3.63, 3.8) is 0 Å². The number of nitrogens with zero attached hydrogens (tertiary/aromatic N) is 5. The molecule has 0 bridgehead atoms. The molecule has 0 radical (unpaired) electrons. The van der Waals surface area contributed by atoms with Crippen LogP contribution in [0.3, 0.4) is 0 Å². The predicted molar refractivity (Wildman–Crippen MR) is 131 cm³/mol. The summed E-state index contributed by atoms with van der Waals surface area (Å²) in [7, 11) is 0. The maximum atomic E-state index is 15.3. The third-order valence-electron chi connectivity index (χ3n) is 6.63. The molecule has 1 aromatic carbocycles. The van der Waals surface area contributed by atoms with Crippen molar-refractivity contribution < 1.29 is 13.9 Å². The Balaban J connectivity index is 1.59. The van der Waals surface area contributed by atoms with E-state index in [1.54, 1.807) is 6.07 Å². The van der Waals surface area contributed by atoms with Crippen LogP contribution in [0.1, 0.15) is 13.3 Å². The van der Waals surface area contributed by atoms with E-state index < -0.39 is 11.2 Å². The van der Waals surface area contributed by atoms with Crippen molar-refractivity contribution in [3.8, 4) is 11.4 Å². The number of nitrogens with one attached hydrogen (secondary N) is 1. The molecule has 0 spiro atoms. The van der Waals surface area contributed by atoms with Crippen LogP contribution in [0.25, 0.3) is 22.6 Å². The van der Waals surface area contributed by atoms with E-state index in [1.165, 1.54) is 10.6 Å². The first-order chi connectivity index (χ1) is 17.1. The lowest BCUT2D eigenvalue weighted by atomic mass is 10.1. The van der Waals surface area contributed by atoms with Gasteiger partial charge in [-0.25, -0.2) is 14.2 Å². The minimum atomic E-state index is -0.484. The van der Waals surface area contributed by atoms with Gasteiger partial charge in [0.05, 0.1) is 32.1 Å². The van der Waals surface area contributed by atoms with Crippen LogP contribution >= 0.6 is 0 Å². The molecule has 2 aliphatic heterocycles. The fourth-order valence-corrected chi connectivity index (χ4v) is 4.81. The number of aromatic nitrogens is 4. The molecule has 2 aromatic heterocycles. The molecule has 1 N–H and O–H groups in total. The number of H-pyrrole nitrogens is 1. The fraction of sp³-hybridized carbons (Fsp3) is 0.542. The van der Waals surface area contributed by atoms with E-state index in [2.05, 4.69) is 9.88 Å². The van der Waals surface area contributed by atoms with E-state index in [0.717, 1.165) is 13.1 Å². The molecule has 188 valence electrons. The first-order valence-corrected chi connectivity index (χ1v) is 12.2. The van der Waals surface area contributed by atoms with E-state index >= 15 is 4.39 Å². The topological polar surface area (TPSA) is 97.6 Å². The molecule has 0 saturated carbocycles. The Labute approximate surface area is 201 Å². The molecule has 10 nitrogen and oxygen atoms in total. The van der Waals surface area contributed by atoms with Gasteiger partial charge in [0.25, 0.3) is 5.56 Å². The molecule has 4 heterocycles. The van der Waals surface area contributed by atoms with Crippen LogP contribution in [0.5, 0.6) is 0 Å². The SMILES string of the molecule is CCCn1c(=O)[nH]c(=O)c2c1nc(-c1ccc(N3CCOCC3)c(F)c1)n2CCN1CCOCC1. The molecule has 0 atom stereocenters. The smallest absolute Gasteiger partial charge is 0.330 e. The zero-order valence-corrected chi connectivity index (χ0v) is 20.0. The van der Waals surface area contributed by atoms with E-state index in [0.29, 0.717) is 93.8 Å². The molecule has 11 heteroatoms. The van der Waals surface area contributed by atoms with Crippen LogP contribution in [0, 0.1) is 5.82 Å². The normalized spacial score (nSPS) is 17.4. The van der Waals surface area contributed by atoms with E-state index in [4.69, 9.17) is 14.5 Å². The van der Waals surface area contributed by atoms with Crippen LogP contribution in [0.2, 0.25) is 0 Å². The number of morpholine rings is 2. The van der Waals surface area contributed by atoms with Crippen molar-refractivity contribution in [1.29, 1.82) is 0 Å². The lowest BCUT2D eigenvalue weighted by Gasteiger charge is -2.29. The predicted octanol–water partition coefficient (Wildman–Crippen LogP) is 1.27. The van der Waals surface area contributed by atoms with Crippen LogP contribution in [-0.2, 0) is 22.6 Å². The van der Waals surface area contributed by atoms with Gasteiger partial charge in [-0.15, -0.1) is 0 Å². The molecule has 0 unspecified atom stereocenters. The summed E-state index contributed by atoms with van der Waals surface area (Å²) in [6.45, 7) is 8.89. The van der Waals surface area contributed by atoms with Crippen molar-refractivity contribution in [2.75, 3.05) is 64.1 Å². The van der Waals surface area contributed by atoms with E-state index in [1.807, 2.05) is 22.5 Å². The summed E-state index contributed by atoms with van der Waals surface area (Å²) in [4.78, 5) is 36.9. The van der Waals surface area contributed by atoms with Gasteiger partial charge in [-0.1, -0.05) is 6.92 Å². The zero-order valence-electron chi connectivity index (χ0n) is 20.0. The minimum Gasteiger partial charge on any atom is -0.379 e. The first kappa shape index (κ1) is 23.7. The lowest BCUT2D eigenvalue weighted by molar-refractivity contribution is 0.0365. The van der Waals surface area contributed by atoms with Crippen LogP contribution < -0.4 is 16.1 Å². The Morgan fingerprint density at radius 2 is 1.69 bits per heavy atom. The highest BCUT2D eigenvalue weighted by molar-refractivity contribution is 5.77. The number of hydrogen-bond acceptors (Lipinski definition) is 7. The van der Waals surface area contributed by atoms with Crippen molar-refractivity contribution >= 4 is 16.9 Å². The summed E-state index contributed by atoms with van der Waals surface area (Å²) in [5.41, 5.74) is 0.779. The molecule has 2 saturated heterocycles. The summed E-state index contributed by atoms with van der Waals surface area (Å²) < 4.78 is 29.4. The second-order valence-corrected chi connectivity index (χ2v) is 8.89. The highest BCUT2D eigenvalue weighted by Crippen LogP contribution is 2.28. The Kier molecular flexibility index (Phi) is 6.98. The highest BCUT2D eigenvalue weighted by Gasteiger charge is 2.22. The van der Waals surface area contributed by atoms with Crippen molar-refractivity contribution in [2.24, 2.45) is 0 Å². The summed E-state index contributed by atoms with van der Waals surface area (Å²) >= 11 is 0. The Hall–Kier alpha value is -3.02. The molecule has 3 aromatic rings. The van der Waals surface area contributed by atoms with Gasteiger partial charge in [0.15, 0.2) is 11.2 Å². The summed E-state index contributed by atoms with van der Waals surface area (Å²) in [6, 6.07) is 5.05. The zero-order chi connectivity index (χ0) is 24.4. The van der Waals surface area contributed by atoms with Gasteiger partial charge in [-0.05, 0) is 24.6 Å². The van der Waals surface area contributed by atoms with Crippen molar-refractivity contribution in [1.82, 2.24) is 24.0 Å². The molecule has 35 heavy (non-hydrogen) atoms. The number of benzene rings is 1. The van der Waals surface area contributed by atoms with Gasteiger partial charge in [-0.3, -0.25) is 19.2 Å². The Bertz CT molecular complexity index is 1300. The number of imidazole rings is 1. The number of fused-ring (bicyclic) bond motifs is 1. The average Bonchev–Trinajstić information content (AvgIpc) is 3.26. The van der Waals surface area contributed by atoms with Crippen LogP contribution in [-0.4, -0.2) is 83.2 Å². The quantitative estimate of drug-likeness (QED) is 0.537. The van der Waals surface area contributed by atoms with Gasteiger partial charge in [0.1, 0.15) is 11.6 Å². The number of halogens is 1. The second kappa shape index (κ2) is 10.3. The maximum Gasteiger partial charge on any atom is 0.330 e. The number of hydrogen-bond donors (Lipinski definition) is 1. The summed E-state index contributed by atoms with van der Waals surface area (Å²) in [5.74, 6) is 0.123. The number of anilines is 1. The molecular formula is C24H31FN6O4. The number of ether oxygens (including phenoxy) is 2. The van der Waals surface area contributed by atoms with Gasteiger partial charge in [-0.2, -0.15) is 0 Å². The highest BCUT2D eigenvalue weighted by atomic mass is 19.1. The Morgan fingerprint density at radius 3 is 2.37 bits per heavy atom. The largest absolute Gasteiger partial charge is 0.379 e. The lowest BCUT2D eigenvalue weighted by Crippen LogP contribution is -2.38. The third kappa shape index (κ3) is 4.75. The van der Waals surface area contributed by atoms with E-state index in [9.17, 15) is 9.59 Å². The number of aryl methyl sites for hydroxylation is 1. The van der Waals surface area contributed by atoms with Gasteiger partial charge >= 0.3 is 5.69 Å². The molecule has 2 aliphatic rings. The minimum absolute atomic E-state index is 0.329. The molecule has 0 amide bonds. The maximum absolute atomic E-state index is 15.3. The van der Waals surface area contributed by atoms with Gasteiger partial charge in [0.2, 0.25) is 0 Å². The summed E-state index contributed by atoms with van der Waals surface area (Å²) in [6.07, 6.45) is 0.708. The van der Waals surface area contributed by atoms with Crippen molar-refractivity contribution in [2.45, 2.75) is 26.4 Å². The molecule has 2 fully saturated rings. The average molecular weight is 487 g/mol. The van der Waals surface area contributed by atoms with Gasteiger partial charge < -0.3 is 18.9 Å². The first-order valence-electron chi connectivity index (χ1n) is 12.2. The van der Waals surface area contributed by atoms with Gasteiger partial charge in [0, 0.05) is 51.4 Å². The molecule has 0 aliphatic carbocycles. The molecular weight excluding hydrogens is 455 g/mol. The molecule has 5 rings (SSSR count). The second-order valence-electron chi connectivity index (χ2n) is 8.89. The number of rotatable bonds is 7. The fourth-order valence-electron chi connectivity index (χ4n) is 4.81. The standard InChI is InChI=1S/C24H31FN6O4/c1-2-5-31-22-20(23(32)27-24(31)33)30(7-6-28-8-12-34-13-9-28)21(26-22)17-3-4-19(18(25)16-17)29-10-14-35-15-11-29/h3-4,16H,2,5-15H2,1H3,(H,27,32,33). The van der Waals surface area contributed by atoms with Crippen LogP contribution in [0.15, 0.2) is 27.8 Å².